The number of aromatic nitrogens is 2. The number of carbonyl (C=O) groups is 9. The molecule has 2 aromatic rings. The average molecular weight is 874 g/mol. The Kier molecular flexibility index (Phi) is 20.9. The van der Waals surface area contributed by atoms with E-state index in [-0.39, 0.29) is 38.2 Å². The average Bonchev–Trinajstić information content (AvgIpc) is 3.72. The van der Waals surface area contributed by atoms with Crippen molar-refractivity contribution in [2.45, 2.75) is 101 Å². The van der Waals surface area contributed by atoms with E-state index in [1.807, 2.05) is 0 Å². The van der Waals surface area contributed by atoms with E-state index < -0.39 is 115 Å². The Bertz CT molecular complexity index is 1890. The van der Waals surface area contributed by atoms with Gasteiger partial charge in [-0.25, -0.2) is 4.98 Å². The van der Waals surface area contributed by atoms with Crippen LogP contribution >= 0.6 is 0 Å². The van der Waals surface area contributed by atoms with Crippen molar-refractivity contribution in [3.05, 3.63) is 54.1 Å². The third-order valence-corrected chi connectivity index (χ3v) is 8.76. The zero-order valence-electron chi connectivity index (χ0n) is 34.3. The van der Waals surface area contributed by atoms with Crippen LogP contribution in [0.3, 0.4) is 0 Å². The summed E-state index contributed by atoms with van der Waals surface area (Å²) in [5.41, 5.74) is 17.5. The maximum absolute atomic E-state index is 13.6. The Hall–Kier alpha value is -7.15. The molecule has 0 aliphatic heterocycles. The topological polar surface area (TPSA) is 418 Å². The van der Waals surface area contributed by atoms with Crippen LogP contribution < -0.4 is 54.4 Å². The number of aromatic amines is 1. The van der Waals surface area contributed by atoms with Crippen LogP contribution in [0.15, 0.2) is 47.8 Å². The highest BCUT2D eigenvalue weighted by Crippen LogP contribution is 2.08. The monoisotopic (exact) mass is 873 g/mol. The molecular formula is C37H55N13O12. The first kappa shape index (κ1) is 51.0. The van der Waals surface area contributed by atoms with Crippen molar-refractivity contribution >= 4 is 59.2 Å². The molecule has 0 bridgehead atoms. The molecule has 8 atom stereocenters. The van der Waals surface area contributed by atoms with Gasteiger partial charge in [0.25, 0.3) is 0 Å². The molecule has 0 radical (unpaired) electrons. The summed E-state index contributed by atoms with van der Waals surface area (Å²) >= 11 is 0. The molecule has 0 aliphatic rings. The number of carboxylic acids is 2. The van der Waals surface area contributed by atoms with E-state index in [1.54, 1.807) is 30.3 Å². The van der Waals surface area contributed by atoms with Gasteiger partial charge in [0.05, 0.1) is 24.9 Å². The number of aliphatic hydroxyl groups excluding tert-OH is 1. The standard InChI is InChI=1S/C37H55N13O12/c1-18(38)30(56)47-24(12-21-8-5-4-6-9-21)34(60)46-23(10-7-11-42-37(39)40)33(59)45-19(2)31(57)50-29(20(3)51)36(62)49-26(14-27(52)53)35(61)48-25(13-22-15-41-17-44-22)32(58)43-16-28(54)55/h4-6,8-9,15,17-20,23-26,29,51H,7,10-14,16,38H2,1-3H3,(H,41,44)(H,43,58)(H,45,59)(H,46,60)(H,47,56)(H,48,61)(H,49,62)(H,50,57)(H,52,53)(H,54,55)(H4,39,40,42)/t18-,19-,20+,23-,24-,25-,26-,29-/m0/s1. The summed E-state index contributed by atoms with van der Waals surface area (Å²) in [5.74, 6) is -9.88. The van der Waals surface area contributed by atoms with Gasteiger partial charge in [-0.15, -0.1) is 0 Å². The van der Waals surface area contributed by atoms with Crippen LogP contribution in [-0.4, -0.2) is 146 Å². The second-order valence-electron chi connectivity index (χ2n) is 14.1. The first-order valence-electron chi connectivity index (χ1n) is 19.2. The number of rotatable bonds is 26. The van der Waals surface area contributed by atoms with Gasteiger partial charge in [0.15, 0.2) is 5.96 Å². The van der Waals surface area contributed by atoms with Crippen LogP contribution in [0.1, 0.15) is 51.3 Å². The van der Waals surface area contributed by atoms with E-state index in [0.717, 1.165) is 6.92 Å². The van der Waals surface area contributed by atoms with Gasteiger partial charge in [-0.05, 0) is 39.2 Å². The lowest BCUT2D eigenvalue weighted by Gasteiger charge is -2.27. The number of aliphatic carboxylic acids is 2. The number of guanidine groups is 1. The van der Waals surface area contributed by atoms with Crippen LogP contribution in [0.2, 0.25) is 0 Å². The Balaban J connectivity index is 2.25. The molecule has 1 aromatic carbocycles. The number of hydrogen-bond donors (Lipinski definition) is 14. The number of nitrogens with one attached hydrogen (secondary N) is 8. The minimum atomic E-state index is -1.89. The molecule has 0 saturated heterocycles. The summed E-state index contributed by atoms with van der Waals surface area (Å²) in [5, 5.41) is 45.3. The molecule has 0 aliphatic carbocycles. The molecule has 1 aromatic heterocycles. The van der Waals surface area contributed by atoms with Crippen molar-refractivity contribution in [2.24, 2.45) is 22.2 Å². The minimum absolute atomic E-state index is 0.0257. The van der Waals surface area contributed by atoms with Gasteiger partial charge < -0.3 is 74.7 Å². The lowest BCUT2D eigenvalue weighted by atomic mass is 10.0. The Labute approximate surface area is 355 Å². The van der Waals surface area contributed by atoms with Crippen LogP contribution in [0, 0.1) is 0 Å². The molecule has 2 rings (SSSR count). The number of imidazole rings is 1. The third-order valence-electron chi connectivity index (χ3n) is 8.76. The SMILES string of the molecule is C[C@H](N)C(=O)N[C@@H](Cc1ccccc1)C(=O)N[C@@H](CCCN=C(N)N)C(=O)N[C@@H](C)C(=O)N[C@H](C(=O)N[C@@H](CC(=O)O)C(=O)N[C@@H](Cc1cnc[nH]1)C(=O)NCC(=O)O)[C@@H](C)O. The van der Waals surface area contributed by atoms with Crippen molar-refractivity contribution in [3.63, 3.8) is 0 Å². The number of aliphatic hydroxyl groups is 1. The molecule has 340 valence electrons. The number of carboxylic acid groups (broad SMARTS) is 2. The largest absolute Gasteiger partial charge is 0.481 e. The van der Waals surface area contributed by atoms with Gasteiger partial charge in [0.1, 0.15) is 42.8 Å². The van der Waals surface area contributed by atoms with Gasteiger partial charge in [-0.3, -0.25) is 48.1 Å². The van der Waals surface area contributed by atoms with Gasteiger partial charge in [-0.2, -0.15) is 0 Å². The number of benzene rings is 1. The number of carbonyl (C=O) groups excluding carboxylic acids is 7. The summed E-state index contributed by atoms with van der Waals surface area (Å²) < 4.78 is 0. The third kappa shape index (κ3) is 18.4. The summed E-state index contributed by atoms with van der Waals surface area (Å²) in [4.78, 5) is 126. The highest BCUT2D eigenvalue weighted by Gasteiger charge is 2.35. The summed E-state index contributed by atoms with van der Waals surface area (Å²) in [6.45, 7) is 3.00. The summed E-state index contributed by atoms with van der Waals surface area (Å²) in [6.07, 6.45) is -0.221. The first-order valence-corrected chi connectivity index (χ1v) is 19.2. The van der Waals surface area contributed by atoms with Crippen molar-refractivity contribution in [1.82, 2.24) is 47.2 Å². The number of H-pyrrole nitrogens is 1. The number of nitrogens with zero attached hydrogens (tertiary/aromatic N) is 2. The first-order chi connectivity index (χ1) is 29.2. The van der Waals surface area contributed by atoms with Crippen molar-refractivity contribution in [2.75, 3.05) is 13.1 Å². The Morgan fingerprint density at radius 3 is 1.85 bits per heavy atom. The number of hydrogen-bond acceptors (Lipinski definition) is 13. The number of amides is 7. The van der Waals surface area contributed by atoms with Gasteiger partial charge in [0, 0.05) is 31.3 Å². The molecular weight excluding hydrogens is 818 g/mol. The van der Waals surface area contributed by atoms with E-state index in [4.69, 9.17) is 22.3 Å². The molecule has 25 heteroatoms. The Morgan fingerprint density at radius 1 is 0.710 bits per heavy atom. The zero-order valence-corrected chi connectivity index (χ0v) is 34.3. The molecule has 25 nitrogen and oxygen atoms in total. The summed E-state index contributed by atoms with van der Waals surface area (Å²) in [6, 6.07) is -1.45. The van der Waals surface area contributed by atoms with Crippen molar-refractivity contribution in [1.29, 1.82) is 0 Å². The number of aliphatic imine (C=N–C) groups is 1. The maximum Gasteiger partial charge on any atom is 0.322 e. The quantitative estimate of drug-likeness (QED) is 0.0238. The highest BCUT2D eigenvalue weighted by atomic mass is 16.4. The molecule has 0 saturated carbocycles. The second kappa shape index (κ2) is 25.5. The normalized spacial score (nSPS) is 14.7. The fourth-order valence-corrected chi connectivity index (χ4v) is 5.50. The molecule has 0 fully saturated rings. The molecule has 1 heterocycles. The molecule has 0 unspecified atom stereocenters. The predicted molar refractivity (Wildman–Crippen MR) is 218 cm³/mol. The van der Waals surface area contributed by atoms with Crippen LogP contribution in [0.5, 0.6) is 0 Å². The van der Waals surface area contributed by atoms with Crippen LogP contribution in [-0.2, 0) is 56.0 Å². The lowest BCUT2D eigenvalue weighted by molar-refractivity contribution is -0.142. The molecule has 17 N–H and O–H groups in total. The van der Waals surface area contributed by atoms with Crippen LogP contribution in [0.4, 0.5) is 0 Å². The van der Waals surface area contributed by atoms with Gasteiger partial charge >= 0.3 is 11.9 Å². The maximum atomic E-state index is 13.6. The van der Waals surface area contributed by atoms with E-state index >= 15 is 0 Å². The molecule has 0 spiro atoms. The van der Waals surface area contributed by atoms with E-state index in [1.165, 1.54) is 26.4 Å². The second-order valence-corrected chi connectivity index (χ2v) is 14.1. The van der Waals surface area contributed by atoms with E-state index in [9.17, 15) is 53.4 Å². The fraction of sp³-hybridized carbons (Fsp3) is 0.486. The molecule has 62 heavy (non-hydrogen) atoms. The van der Waals surface area contributed by atoms with Gasteiger partial charge in [0.2, 0.25) is 41.4 Å². The molecule has 7 amide bonds. The van der Waals surface area contributed by atoms with E-state index in [0.29, 0.717) is 11.3 Å². The fourth-order valence-electron chi connectivity index (χ4n) is 5.50. The minimum Gasteiger partial charge on any atom is -0.481 e. The zero-order chi connectivity index (χ0) is 46.5. The number of nitrogens with two attached hydrogens (primary N) is 3. The Morgan fingerprint density at radius 2 is 1.29 bits per heavy atom. The van der Waals surface area contributed by atoms with Gasteiger partial charge in [-0.1, -0.05) is 30.3 Å². The van der Waals surface area contributed by atoms with Crippen LogP contribution in [0.25, 0.3) is 0 Å². The smallest absolute Gasteiger partial charge is 0.322 e. The lowest BCUT2D eigenvalue weighted by Crippen LogP contribution is -2.61. The van der Waals surface area contributed by atoms with Crippen molar-refractivity contribution < 1.29 is 58.5 Å². The summed E-state index contributed by atoms with van der Waals surface area (Å²) in [7, 11) is 0. The van der Waals surface area contributed by atoms with Crippen molar-refractivity contribution in [3.8, 4) is 0 Å². The predicted octanol–water partition coefficient (Wildman–Crippen LogP) is -5.42. The van der Waals surface area contributed by atoms with E-state index in [2.05, 4.69) is 52.2 Å². The highest BCUT2D eigenvalue weighted by molar-refractivity contribution is 5.98.